The smallest absolute Gasteiger partial charge is 0.323 e. The Hall–Kier alpha value is -2.35. The molecule has 7 nitrogen and oxygen atoms in total. The van der Waals surface area contributed by atoms with Gasteiger partial charge in [-0.2, -0.15) is 0 Å². The van der Waals surface area contributed by atoms with Crippen molar-refractivity contribution < 1.29 is 14.0 Å². The number of aromatic nitrogens is 1. The lowest BCUT2D eigenvalue weighted by atomic mass is 10.1. The number of carbonyl (C=O) groups excluding carboxylic acids is 2. The van der Waals surface area contributed by atoms with Gasteiger partial charge in [-0.25, -0.2) is 9.78 Å². The predicted octanol–water partition coefficient (Wildman–Crippen LogP) is 3.90. The maximum atomic E-state index is 13.2. The van der Waals surface area contributed by atoms with E-state index in [1.165, 1.54) is 11.3 Å². The number of anilines is 1. The van der Waals surface area contributed by atoms with Gasteiger partial charge in [-0.15, -0.1) is 11.3 Å². The van der Waals surface area contributed by atoms with Crippen LogP contribution in [0, 0.1) is 0 Å². The number of nitrogens with zero attached hydrogens (tertiary/aromatic N) is 3. The summed E-state index contributed by atoms with van der Waals surface area (Å²) < 4.78 is 6.00. The van der Waals surface area contributed by atoms with Crippen LogP contribution in [-0.4, -0.2) is 41.5 Å². The molecule has 2 aromatic rings. The molecule has 2 aromatic heterocycles. The first-order valence-electron chi connectivity index (χ1n) is 10.5. The van der Waals surface area contributed by atoms with E-state index in [1.54, 1.807) is 4.90 Å². The molecule has 0 aliphatic carbocycles. The molecule has 0 saturated carbocycles. The van der Waals surface area contributed by atoms with Crippen LogP contribution in [0.25, 0.3) is 0 Å². The standard InChI is InChI=1S/C21H28N4O3S/c1-2-16-8-9-18(28-16)17-7-4-3-5-11-24(17)19(26)13-15-14-29-21(23-15)25-12-6-10-22-20(25)27/h8-9,14,17H,2-7,10-13H2,1H3,(H,22,27). The Morgan fingerprint density at radius 1 is 1.28 bits per heavy atom. The van der Waals surface area contributed by atoms with Gasteiger partial charge in [-0.3, -0.25) is 9.69 Å². The number of thiazole rings is 1. The summed E-state index contributed by atoms with van der Waals surface area (Å²) in [6.07, 6.45) is 6.18. The van der Waals surface area contributed by atoms with Crippen LogP contribution < -0.4 is 10.2 Å². The molecule has 2 aliphatic heterocycles. The number of carbonyl (C=O) groups is 2. The monoisotopic (exact) mass is 416 g/mol. The van der Waals surface area contributed by atoms with Crippen LogP contribution in [0.2, 0.25) is 0 Å². The van der Waals surface area contributed by atoms with Crippen molar-refractivity contribution in [2.75, 3.05) is 24.5 Å². The molecule has 2 saturated heterocycles. The number of hydrogen-bond acceptors (Lipinski definition) is 5. The highest BCUT2D eigenvalue weighted by Crippen LogP contribution is 2.32. The van der Waals surface area contributed by atoms with Gasteiger partial charge >= 0.3 is 6.03 Å². The molecule has 2 fully saturated rings. The first kappa shape index (κ1) is 19.9. The molecule has 3 amide bonds. The molecule has 156 valence electrons. The summed E-state index contributed by atoms with van der Waals surface area (Å²) in [5.74, 6) is 1.92. The summed E-state index contributed by atoms with van der Waals surface area (Å²) in [6.45, 7) is 4.19. The second kappa shape index (κ2) is 8.98. The predicted molar refractivity (Wildman–Crippen MR) is 112 cm³/mol. The van der Waals surface area contributed by atoms with Crippen LogP contribution in [0.1, 0.15) is 62.3 Å². The second-order valence-corrected chi connectivity index (χ2v) is 8.48. The van der Waals surface area contributed by atoms with Crippen LogP contribution in [0.4, 0.5) is 9.93 Å². The molecule has 0 radical (unpaired) electrons. The van der Waals surface area contributed by atoms with E-state index in [1.807, 2.05) is 22.4 Å². The first-order valence-corrected chi connectivity index (χ1v) is 11.4. The van der Waals surface area contributed by atoms with Gasteiger partial charge in [0.05, 0.1) is 18.2 Å². The van der Waals surface area contributed by atoms with Crippen molar-refractivity contribution in [2.24, 2.45) is 0 Å². The van der Waals surface area contributed by atoms with Crippen molar-refractivity contribution in [3.05, 3.63) is 34.7 Å². The van der Waals surface area contributed by atoms with Gasteiger partial charge in [0.1, 0.15) is 11.5 Å². The minimum absolute atomic E-state index is 0.00345. The van der Waals surface area contributed by atoms with E-state index in [9.17, 15) is 9.59 Å². The second-order valence-electron chi connectivity index (χ2n) is 7.65. The molecular weight excluding hydrogens is 388 g/mol. The van der Waals surface area contributed by atoms with Crippen molar-refractivity contribution in [1.29, 1.82) is 0 Å². The Balaban J connectivity index is 1.47. The van der Waals surface area contributed by atoms with E-state index in [4.69, 9.17) is 4.42 Å². The average molecular weight is 417 g/mol. The summed E-state index contributed by atoms with van der Waals surface area (Å²) in [5, 5.41) is 5.39. The number of likely N-dealkylation sites (tertiary alicyclic amines) is 1. The Kier molecular flexibility index (Phi) is 6.18. The average Bonchev–Trinajstić information content (AvgIpc) is 3.32. The van der Waals surface area contributed by atoms with E-state index in [0.717, 1.165) is 62.3 Å². The number of hydrogen-bond donors (Lipinski definition) is 1. The van der Waals surface area contributed by atoms with Crippen LogP contribution in [0.5, 0.6) is 0 Å². The fraction of sp³-hybridized carbons (Fsp3) is 0.571. The van der Waals surface area contributed by atoms with Gasteiger partial charge in [0, 0.05) is 31.4 Å². The van der Waals surface area contributed by atoms with Crippen molar-refractivity contribution in [3.8, 4) is 0 Å². The van der Waals surface area contributed by atoms with Crippen molar-refractivity contribution in [2.45, 2.75) is 57.9 Å². The Labute approximate surface area is 175 Å². The topological polar surface area (TPSA) is 78.7 Å². The highest BCUT2D eigenvalue weighted by molar-refractivity contribution is 7.14. The summed E-state index contributed by atoms with van der Waals surface area (Å²) in [4.78, 5) is 33.4. The minimum atomic E-state index is -0.111. The van der Waals surface area contributed by atoms with E-state index in [-0.39, 0.29) is 24.4 Å². The summed E-state index contributed by atoms with van der Waals surface area (Å²) in [7, 11) is 0. The molecule has 4 heterocycles. The quantitative estimate of drug-likeness (QED) is 0.802. The van der Waals surface area contributed by atoms with E-state index < -0.39 is 0 Å². The maximum absolute atomic E-state index is 13.2. The highest BCUT2D eigenvalue weighted by Gasteiger charge is 2.30. The molecule has 1 atom stereocenters. The van der Waals surface area contributed by atoms with Gasteiger partial charge < -0.3 is 14.6 Å². The molecule has 29 heavy (non-hydrogen) atoms. The summed E-state index contributed by atoms with van der Waals surface area (Å²) in [5.41, 5.74) is 0.727. The molecule has 4 rings (SSSR count). The van der Waals surface area contributed by atoms with Crippen molar-refractivity contribution in [1.82, 2.24) is 15.2 Å². The van der Waals surface area contributed by atoms with Crippen LogP contribution in [-0.2, 0) is 17.6 Å². The molecule has 0 spiro atoms. The molecule has 0 aromatic carbocycles. The van der Waals surface area contributed by atoms with Crippen LogP contribution in [0.15, 0.2) is 21.9 Å². The molecule has 8 heteroatoms. The number of urea groups is 1. The third-order valence-electron chi connectivity index (χ3n) is 5.62. The van der Waals surface area contributed by atoms with Gasteiger partial charge in [-0.1, -0.05) is 19.8 Å². The molecule has 2 aliphatic rings. The van der Waals surface area contributed by atoms with Gasteiger partial charge in [0.25, 0.3) is 0 Å². The van der Waals surface area contributed by atoms with Crippen LogP contribution in [0.3, 0.4) is 0 Å². The van der Waals surface area contributed by atoms with Gasteiger partial charge in [-0.05, 0) is 31.4 Å². The summed E-state index contributed by atoms with van der Waals surface area (Å²) >= 11 is 1.42. The third kappa shape index (κ3) is 4.47. The lowest BCUT2D eigenvalue weighted by Gasteiger charge is -2.28. The van der Waals surface area contributed by atoms with E-state index >= 15 is 0 Å². The fourth-order valence-electron chi connectivity index (χ4n) is 4.04. The summed E-state index contributed by atoms with van der Waals surface area (Å²) in [6, 6.07) is 3.92. The Bertz CT molecular complexity index is 862. The first-order chi connectivity index (χ1) is 14.2. The van der Waals surface area contributed by atoms with E-state index in [2.05, 4.69) is 17.2 Å². The molecule has 1 unspecified atom stereocenters. The number of furan rings is 1. The molecule has 0 bridgehead atoms. The number of aryl methyl sites for hydroxylation is 1. The fourth-order valence-corrected chi connectivity index (χ4v) is 4.89. The SMILES string of the molecule is CCc1ccc(C2CCCCCN2C(=O)Cc2csc(N3CCCNC3=O)n2)o1. The number of amides is 3. The van der Waals surface area contributed by atoms with Gasteiger partial charge in [0.2, 0.25) is 5.91 Å². The lowest BCUT2D eigenvalue weighted by molar-refractivity contribution is -0.133. The number of nitrogens with one attached hydrogen (secondary N) is 1. The number of rotatable bonds is 5. The minimum Gasteiger partial charge on any atom is -0.464 e. The molecule has 1 N–H and O–H groups in total. The largest absolute Gasteiger partial charge is 0.464 e. The highest BCUT2D eigenvalue weighted by atomic mass is 32.1. The van der Waals surface area contributed by atoms with Crippen molar-refractivity contribution in [3.63, 3.8) is 0 Å². The zero-order valence-corrected chi connectivity index (χ0v) is 17.7. The normalized spacial score (nSPS) is 20.4. The molecular formula is C21H28N4O3S. The Morgan fingerprint density at radius 2 is 2.17 bits per heavy atom. The zero-order valence-electron chi connectivity index (χ0n) is 16.9. The van der Waals surface area contributed by atoms with Crippen LogP contribution >= 0.6 is 11.3 Å². The van der Waals surface area contributed by atoms with Crippen molar-refractivity contribution >= 4 is 28.4 Å². The zero-order chi connectivity index (χ0) is 20.2. The maximum Gasteiger partial charge on any atom is 0.323 e. The van der Waals surface area contributed by atoms with Gasteiger partial charge in [0.15, 0.2) is 5.13 Å². The lowest BCUT2D eigenvalue weighted by Crippen LogP contribution is -2.46. The van der Waals surface area contributed by atoms with E-state index in [0.29, 0.717) is 18.2 Å². The third-order valence-corrected chi connectivity index (χ3v) is 6.53. The Morgan fingerprint density at radius 3 is 2.97 bits per heavy atom.